The van der Waals surface area contributed by atoms with E-state index in [0.29, 0.717) is 0 Å². The molecule has 26 heavy (non-hydrogen) atoms. The lowest BCUT2D eigenvalue weighted by Crippen LogP contribution is -2.26. The third-order valence-electron chi connectivity index (χ3n) is 4.52. The molecule has 132 valence electrons. The van der Waals surface area contributed by atoms with Crippen LogP contribution < -0.4 is 4.90 Å². The normalized spacial score (nSPS) is 15.3. The van der Waals surface area contributed by atoms with Gasteiger partial charge in [0.2, 0.25) is 0 Å². The molecular weight excluding hydrogens is 342 g/mol. The van der Waals surface area contributed by atoms with Crippen molar-refractivity contribution in [2.45, 2.75) is 26.7 Å². The second-order valence-electron chi connectivity index (χ2n) is 6.41. The van der Waals surface area contributed by atoms with Crippen molar-refractivity contribution >= 4 is 22.7 Å². The van der Waals surface area contributed by atoms with Gasteiger partial charge in [0, 0.05) is 31.5 Å². The molecule has 0 atom stereocenters. The van der Waals surface area contributed by atoms with Gasteiger partial charge in [-0.3, -0.25) is 4.98 Å². The Bertz CT molecular complexity index is 962. The third kappa shape index (κ3) is 3.01. The van der Waals surface area contributed by atoms with E-state index >= 15 is 0 Å². The second-order valence-corrected chi connectivity index (χ2v) is 7.41. The molecule has 0 N–H and O–H groups in total. The summed E-state index contributed by atoms with van der Waals surface area (Å²) in [4.78, 5) is 21.9. The zero-order valence-electron chi connectivity index (χ0n) is 15.2. The number of thiazole rings is 1. The molecule has 4 heterocycles. The first-order chi connectivity index (χ1) is 12.7. The number of rotatable bonds is 3. The average Bonchev–Trinajstić information content (AvgIpc) is 3.06. The Morgan fingerprint density at radius 2 is 2.15 bits per heavy atom. The molecule has 5 nitrogen and oxygen atoms in total. The van der Waals surface area contributed by atoms with Gasteiger partial charge in [0.1, 0.15) is 16.4 Å². The maximum atomic E-state index is 4.98. The quantitative estimate of drug-likeness (QED) is 0.680. The van der Waals surface area contributed by atoms with Crippen LogP contribution in [0.25, 0.3) is 26.7 Å². The number of fused-ring (bicyclic) bond motifs is 1. The van der Waals surface area contributed by atoms with Crippen LogP contribution in [0.4, 0.5) is 5.82 Å². The number of hydrogen-bond donors (Lipinski definition) is 0. The smallest absolute Gasteiger partial charge is 0.154 e. The van der Waals surface area contributed by atoms with Crippen LogP contribution in [0.5, 0.6) is 0 Å². The van der Waals surface area contributed by atoms with Crippen molar-refractivity contribution in [3.8, 4) is 21.1 Å². The average molecular weight is 363 g/mol. The minimum atomic E-state index is 0.895. The van der Waals surface area contributed by atoms with E-state index < -0.39 is 0 Å². The standard InChI is InChI=1S/C20H21N5S/c1-4-6-14-8-10-25(3)19-17(14)24-16(12-22-19)18-13(2)23-20(26-18)15-7-5-9-21-11-15/h5-7,9,11-12H,4,8,10H2,1-3H3/b14-6-. The van der Waals surface area contributed by atoms with Gasteiger partial charge in [-0.2, -0.15) is 0 Å². The summed E-state index contributed by atoms with van der Waals surface area (Å²) in [6.45, 7) is 5.18. The molecule has 1 aliphatic heterocycles. The van der Waals surface area contributed by atoms with Crippen LogP contribution in [-0.2, 0) is 0 Å². The third-order valence-corrected chi connectivity index (χ3v) is 5.75. The Morgan fingerprint density at radius 3 is 2.92 bits per heavy atom. The molecular formula is C20H21N5S. The molecule has 6 heteroatoms. The van der Waals surface area contributed by atoms with Crippen LogP contribution in [0.2, 0.25) is 0 Å². The SMILES string of the molecule is CC/C=C1/CCN(C)c2ncc(-c3sc(-c4cccnc4)nc3C)nc21. The monoisotopic (exact) mass is 363 g/mol. The largest absolute Gasteiger partial charge is 0.358 e. The lowest BCUT2D eigenvalue weighted by Gasteiger charge is -2.27. The van der Waals surface area contributed by atoms with Crippen molar-refractivity contribution in [3.05, 3.63) is 48.2 Å². The van der Waals surface area contributed by atoms with Gasteiger partial charge in [-0.15, -0.1) is 11.3 Å². The molecule has 3 aromatic heterocycles. The Labute approximate surface area is 157 Å². The zero-order chi connectivity index (χ0) is 18.1. The van der Waals surface area contributed by atoms with Crippen molar-refractivity contribution in [1.29, 1.82) is 0 Å². The molecule has 0 amide bonds. The Hall–Kier alpha value is -2.60. The van der Waals surface area contributed by atoms with Crippen LogP contribution in [-0.4, -0.2) is 33.5 Å². The fourth-order valence-electron chi connectivity index (χ4n) is 3.19. The second kappa shape index (κ2) is 6.96. The molecule has 0 spiro atoms. The Morgan fingerprint density at radius 1 is 1.27 bits per heavy atom. The maximum absolute atomic E-state index is 4.98. The number of anilines is 1. The molecule has 0 fully saturated rings. The van der Waals surface area contributed by atoms with E-state index in [4.69, 9.17) is 15.0 Å². The first kappa shape index (κ1) is 16.8. The molecule has 0 aliphatic carbocycles. The highest BCUT2D eigenvalue weighted by Gasteiger charge is 2.22. The van der Waals surface area contributed by atoms with Crippen LogP contribution >= 0.6 is 11.3 Å². The van der Waals surface area contributed by atoms with Crippen LogP contribution in [0, 0.1) is 6.92 Å². The number of aryl methyl sites for hydroxylation is 1. The van der Waals surface area contributed by atoms with Crippen LogP contribution in [0.3, 0.4) is 0 Å². The van der Waals surface area contributed by atoms with Gasteiger partial charge in [0.25, 0.3) is 0 Å². The summed E-state index contributed by atoms with van der Waals surface area (Å²) in [5.41, 5.74) is 5.21. The van der Waals surface area contributed by atoms with Gasteiger partial charge in [-0.25, -0.2) is 15.0 Å². The van der Waals surface area contributed by atoms with E-state index in [1.54, 1.807) is 17.5 Å². The fraction of sp³-hybridized carbons (Fsp3) is 0.300. The summed E-state index contributed by atoms with van der Waals surface area (Å²) in [6, 6.07) is 3.97. The Balaban J connectivity index is 1.79. The minimum Gasteiger partial charge on any atom is -0.358 e. The van der Waals surface area contributed by atoms with Gasteiger partial charge in [0.05, 0.1) is 16.8 Å². The first-order valence-electron chi connectivity index (χ1n) is 8.83. The van der Waals surface area contributed by atoms with E-state index in [1.165, 1.54) is 5.57 Å². The number of aromatic nitrogens is 4. The summed E-state index contributed by atoms with van der Waals surface area (Å²) in [7, 11) is 2.08. The van der Waals surface area contributed by atoms with Gasteiger partial charge >= 0.3 is 0 Å². The van der Waals surface area contributed by atoms with Gasteiger partial charge < -0.3 is 4.90 Å². The Kier molecular flexibility index (Phi) is 4.51. The van der Waals surface area contributed by atoms with Crippen molar-refractivity contribution < 1.29 is 0 Å². The van der Waals surface area contributed by atoms with Crippen molar-refractivity contribution in [3.63, 3.8) is 0 Å². The van der Waals surface area contributed by atoms with Crippen molar-refractivity contribution in [1.82, 2.24) is 19.9 Å². The number of allylic oxidation sites excluding steroid dienone is 1. The highest BCUT2D eigenvalue weighted by Crippen LogP contribution is 2.37. The van der Waals surface area contributed by atoms with Crippen LogP contribution in [0.1, 0.15) is 31.2 Å². The lowest BCUT2D eigenvalue weighted by atomic mass is 10.0. The van der Waals surface area contributed by atoms with Crippen molar-refractivity contribution in [2.75, 3.05) is 18.5 Å². The van der Waals surface area contributed by atoms with Gasteiger partial charge in [-0.1, -0.05) is 13.0 Å². The number of hydrogen-bond acceptors (Lipinski definition) is 6. The molecule has 0 unspecified atom stereocenters. The molecule has 3 aromatic rings. The van der Waals surface area contributed by atoms with Crippen molar-refractivity contribution in [2.24, 2.45) is 0 Å². The summed E-state index contributed by atoms with van der Waals surface area (Å²) in [5.74, 6) is 0.967. The van der Waals surface area contributed by atoms with E-state index in [2.05, 4.69) is 29.9 Å². The maximum Gasteiger partial charge on any atom is 0.154 e. The minimum absolute atomic E-state index is 0.895. The van der Waals surface area contributed by atoms with E-state index in [-0.39, 0.29) is 0 Å². The van der Waals surface area contributed by atoms with Gasteiger partial charge in [0.15, 0.2) is 5.82 Å². The van der Waals surface area contributed by atoms with Crippen LogP contribution in [0.15, 0.2) is 36.8 Å². The summed E-state index contributed by atoms with van der Waals surface area (Å²) >= 11 is 1.65. The summed E-state index contributed by atoms with van der Waals surface area (Å²) in [5, 5.41) is 0.964. The summed E-state index contributed by atoms with van der Waals surface area (Å²) < 4.78 is 0. The molecule has 0 radical (unpaired) electrons. The molecule has 0 aromatic carbocycles. The zero-order valence-corrected chi connectivity index (χ0v) is 16.0. The van der Waals surface area contributed by atoms with E-state index in [1.807, 2.05) is 31.5 Å². The molecule has 0 bridgehead atoms. The van der Waals surface area contributed by atoms with Gasteiger partial charge in [-0.05, 0) is 37.5 Å². The van der Waals surface area contributed by atoms with E-state index in [9.17, 15) is 0 Å². The molecule has 4 rings (SSSR count). The molecule has 0 saturated heterocycles. The topological polar surface area (TPSA) is 54.8 Å². The predicted octanol–water partition coefficient (Wildman–Crippen LogP) is 4.60. The fourth-order valence-corrected chi connectivity index (χ4v) is 4.20. The first-order valence-corrected chi connectivity index (χ1v) is 9.64. The molecule has 1 aliphatic rings. The number of nitrogens with zero attached hydrogens (tertiary/aromatic N) is 5. The molecule has 0 saturated carbocycles. The number of pyridine rings is 1. The predicted molar refractivity (Wildman–Crippen MR) is 107 cm³/mol. The van der Waals surface area contributed by atoms with E-state index in [0.717, 1.165) is 57.7 Å². The highest BCUT2D eigenvalue weighted by atomic mass is 32.1. The highest BCUT2D eigenvalue weighted by molar-refractivity contribution is 7.18. The lowest BCUT2D eigenvalue weighted by molar-refractivity contribution is 0.842. The summed E-state index contributed by atoms with van der Waals surface area (Å²) in [6.07, 6.45) is 9.78.